The minimum Gasteiger partial charge on any atom is -0.207 e. The molecule has 0 spiro atoms. The van der Waals surface area contributed by atoms with Gasteiger partial charge in [0.15, 0.2) is 0 Å². The quantitative estimate of drug-likeness (QED) is 0.617. The summed E-state index contributed by atoms with van der Waals surface area (Å²) in [5.74, 6) is 1.20. The van der Waals surface area contributed by atoms with E-state index in [0.717, 1.165) is 0 Å². The molecule has 1 aromatic carbocycles. The zero-order chi connectivity index (χ0) is 13.7. The predicted octanol–water partition coefficient (Wildman–Crippen LogP) is 5.62. The monoisotopic (exact) mass is 258 g/mol. The highest BCUT2D eigenvalue weighted by Gasteiger charge is 2.20. The van der Waals surface area contributed by atoms with E-state index in [2.05, 4.69) is 32.1 Å². The topological polar surface area (TPSA) is 0 Å². The first-order chi connectivity index (χ1) is 9.15. The van der Waals surface area contributed by atoms with Crippen LogP contribution in [0, 0.1) is 11.7 Å². The molecule has 1 aromatic rings. The van der Waals surface area contributed by atoms with Crippen molar-refractivity contribution < 1.29 is 4.39 Å². The van der Waals surface area contributed by atoms with Crippen LogP contribution in [0.3, 0.4) is 0 Å². The zero-order valence-electron chi connectivity index (χ0n) is 11.9. The maximum Gasteiger partial charge on any atom is 0.123 e. The molecule has 19 heavy (non-hydrogen) atoms. The minimum absolute atomic E-state index is 0.137. The first-order valence-corrected chi connectivity index (χ1v) is 7.22. The van der Waals surface area contributed by atoms with E-state index in [0.29, 0.717) is 11.8 Å². The highest BCUT2D eigenvalue weighted by Crippen LogP contribution is 2.36. The van der Waals surface area contributed by atoms with Crippen LogP contribution in [-0.2, 0) is 0 Å². The molecule has 0 bridgehead atoms. The van der Waals surface area contributed by atoms with Gasteiger partial charge in [-0.3, -0.25) is 0 Å². The van der Waals surface area contributed by atoms with Crippen LogP contribution in [0.2, 0.25) is 0 Å². The van der Waals surface area contributed by atoms with Crippen molar-refractivity contribution in [1.82, 2.24) is 0 Å². The van der Waals surface area contributed by atoms with E-state index in [4.69, 9.17) is 0 Å². The standard InChI is InChI=1S/C18H23F/c1-14(2)4-3-5-15-6-8-16(9-7-15)17-10-12-18(19)13-11-17/h3-5,10-13,15-16H,6-9H2,1-2H3/b5-3+. The van der Waals surface area contributed by atoms with Crippen LogP contribution in [0.5, 0.6) is 0 Å². The van der Waals surface area contributed by atoms with Gasteiger partial charge in [0, 0.05) is 0 Å². The smallest absolute Gasteiger partial charge is 0.123 e. The highest BCUT2D eigenvalue weighted by atomic mass is 19.1. The Morgan fingerprint density at radius 2 is 1.68 bits per heavy atom. The molecule has 0 N–H and O–H groups in total. The second-order valence-electron chi connectivity index (χ2n) is 5.79. The summed E-state index contributed by atoms with van der Waals surface area (Å²) < 4.78 is 12.9. The SMILES string of the molecule is CC(C)=C/C=C/C1CCC(c2ccc(F)cc2)CC1. The number of hydrogen-bond donors (Lipinski definition) is 0. The summed E-state index contributed by atoms with van der Waals surface area (Å²) in [5.41, 5.74) is 2.64. The molecule has 1 aliphatic carbocycles. The molecular formula is C18H23F. The molecule has 0 aliphatic heterocycles. The third kappa shape index (κ3) is 4.34. The molecule has 0 nitrogen and oxygen atoms in total. The van der Waals surface area contributed by atoms with E-state index in [-0.39, 0.29) is 5.82 Å². The Morgan fingerprint density at radius 1 is 1.05 bits per heavy atom. The maximum atomic E-state index is 12.9. The van der Waals surface area contributed by atoms with Gasteiger partial charge in [0.1, 0.15) is 5.82 Å². The molecule has 1 fully saturated rings. The van der Waals surface area contributed by atoms with Gasteiger partial charge in [-0.1, -0.05) is 35.9 Å². The Labute approximate surface area is 116 Å². The average Bonchev–Trinajstić information content (AvgIpc) is 2.40. The lowest BCUT2D eigenvalue weighted by molar-refractivity contribution is 0.375. The van der Waals surface area contributed by atoms with Crippen molar-refractivity contribution in [1.29, 1.82) is 0 Å². The van der Waals surface area contributed by atoms with Gasteiger partial charge < -0.3 is 0 Å². The molecule has 1 aliphatic rings. The predicted molar refractivity (Wildman–Crippen MR) is 79.7 cm³/mol. The first kappa shape index (κ1) is 14.0. The summed E-state index contributed by atoms with van der Waals surface area (Å²) in [4.78, 5) is 0. The molecule has 1 heteroatoms. The fraction of sp³-hybridized carbons (Fsp3) is 0.444. The van der Waals surface area contributed by atoms with Crippen LogP contribution >= 0.6 is 0 Å². The summed E-state index contributed by atoms with van der Waals surface area (Å²) in [6.45, 7) is 4.24. The molecular weight excluding hydrogens is 235 g/mol. The average molecular weight is 258 g/mol. The van der Waals surface area contributed by atoms with Gasteiger partial charge >= 0.3 is 0 Å². The van der Waals surface area contributed by atoms with Crippen molar-refractivity contribution >= 4 is 0 Å². The molecule has 102 valence electrons. The van der Waals surface area contributed by atoms with Crippen LogP contribution in [-0.4, -0.2) is 0 Å². The van der Waals surface area contributed by atoms with Crippen molar-refractivity contribution in [3.63, 3.8) is 0 Å². The van der Waals surface area contributed by atoms with Crippen LogP contribution in [0.25, 0.3) is 0 Å². The van der Waals surface area contributed by atoms with Gasteiger partial charge in [0.25, 0.3) is 0 Å². The van der Waals surface area contributed by atoms with E-state index < -0.39 is 0 Å². The van der Waals surface area contributed by atoms with Crippen molar-refractivity contribution in [3.8, 4) is 0 Å². The lowest BCUT2D eigenvalue weighted by Crippen LogP contribution is -2.11. The Morgan fingerprint density at radius 3 is 2.26 bits per heavy atom. The Hall–Kier alpha value is -1.37. The molecule has 0 amide bonds. The van der Waals surface area contributed by atoms with Gasteiger partial charge in [-0.15, -0.1) is 0 Å². The molecule has 0 atom stereocenters. The molecule has 1 saturated carbocycles. The first-order valence-electron chi connectivity index (χ1n) is 7.22. The number of benzene rings is 1. The molecule has 0 radical (unpaired) electrons. The van der Waals surface area contributed by atoms with Crippen molar-refractivity contribution in [2.24, 2.45) is 5.92 Å². The third-order valence-corrected chi connectivity index (χ3v) is 3.93. The Kier molecular flexibility index (Phi) is 4.95. The zero-order valence-corrected chi connectivity index (χ0v) is 11.9. The van der Waals surface area contributed by atoms with E-state index >= 15 is 0 Å². The van der Waals surface area contributed by atoms with E-state index in [9.17, 15) is 4.39 Å². The van der Waals surface area contributed by atoms with Gasteiger partial charge in [-0.25, -0.2) is 4.39 Å². The number of allylic oxidation sites excluding steroid dienone is 4. The van der Waals surface area contributed by atoms with Gasteiger partial charge in [0.2, 0.25) is 0 Å². The molecule has 0 saturated heterocycles. The summed E-state index contributed by atoms with van der Waals surface area (Å²) >= 11 is 0. The summed E-state index contributed by atoms with van der Waals surface area (Å²) in [6, 6.07) is 7.05. The van der Waals surface area contributed by atoms with Gasteiger partial charge in [0.05, 0.1) is 0 Å². The van der Waals surface area contributed by atoms with Crippen LogP contribution < -0.4 is 0 Å². The lowest BCUT2D eigenvalue weighted by atomic mass is 9.78. The van der Waals surface area contributed by atoms with Crippen LogP contribution in [0.1, 0.15) is 51.0 Å². The van der Waals surface area contributed by atoms with Crippen molar-refractivity contribution in [2.75, 3.05) is 0 Å². The van der Waals surface area contributed by atoms with Crippen molar-refractivity contribution in [3.05, 3.63) is 59.4 Å². The number of halogens is 1. The van der Waals surface area contributed by atoms with Crippen LogP contribution in [0.15, 0.2) is 48.1 Å². The second kappa shape index (κ2) is 6.70. The normalized spacial score (nSPS) is 23.5. The second-order valence-corrected chi connectivity index (χ2v) is 5.79. The van der Waals surface area contributed by atoms with Gasteiger partial charge in [-0.05, 0) is 69.1 Å². The highest BCUT2D eigenvalue weighted by molar-refractivity contribution is 5.21. The fourth-order valence-electron chi connectivity index (χ4n) is 2.79. The maximum absolute atomic E-state index is 12.9. The van der Waals surface area contributed by atoms with E-state index in [1.165, 1.54) is 36.8 Å². The van der Waals surface area contributed by atoms with Gasteiger partial charge in [-0.2, -0.15) is 0 Å². The summed E-state index contributed by atoms with van der Waals surface area (Å²) in [6.07, 6.45) is 11.6. The summed E-state index contributed by atoms with van der Waals surface area (Å²) in [7, 11) is 0. The van der Waals surface area contributed by atoms with E-state index in [1.54, 1.807) is 12.1 Å². The summed E-state index contributed by atoms with van der Waals surface area (Å²) in [5, 5.41) is 0. The third-order valence-electron chi connectivity index (χ3n) is 3.93. The molecule has 0 heterocycles. The lowest BCUT2D eigenvalue weighted by Gasteiger charge is -2.27. The van der Waals surface area contributed by atoms with Crippen molar-refractivity contribution in [2.45, 2.75) is 45.4 Å². The Balaban J connectivity index is 1.87. The minimum atomic E-state index is -0.137. The number of rotatable bonds is 3. The molecule has 2 rings (SSSR count). The van der Waals surface area contributed by atoms with Crippen LogP contribution in [0.4, 0.5) is 4.39 Å². The number of hydrogen-bond acceptors (Lipinski definition) is 0. The Bertz CT molecular complexity index is 441. The van der Waals surface area contributed by atoms with E-state index in [1.807, 2.05) is 12.1 Å². The molecule has 0 aromatic heterocycles. The fourth-order valence-corrected chi connectivity index (χ4v) is 2.79. The largest absolute Gasteiger partial charge is 0.207 e. The molecule has 0 unspecified atom stereocenters.